The van der Waals surface area contributed by atoms with Crippen LogP contribution in [0.4, 0.5) is 5.69 Å². The van der Waals surface area contributed by atoms with Crippen molar-refractivity contribution in [2.24, 2.45) is 0 Å². The van der Waals surface area contributed by atoms with Crippen LogP contribution in [0.15, 0.2) is 83.8 Å². The van der Waals surface area contributed by atoms with Crippen LogP contribution in [0.25, 0.3) is 0 Å². The summed E-state index contributed by atoms with van der Waals surface area (Å²) in [5, 5.41) is 3.92. The van der Waals surface area contributed by atoms with E-state index in [1.807, 2.05) is 55.5 Å². The minimum absolute atomic E-state index is 0.186. The Morgan fingerprint density at radius 3 is 2.19 bits per heavy atom. The van der Waals surface area contributed by atoms with Crippen LogP contribution in [0.5, 0.6) is 0 Å². The van der Waals surface area contributed by atoms with Gasteiger partial charge >= 0.3 is 0 Å². The fraction of sp³-hybridized carbons (Fsp3) is 0.143. The van der Waals surface area contributed by atoms with E-state index in [2.05, 4.69) is 10.0 Å². The molecule has 0 saturated carbocycles. The molecule has 1 unspecified atom stereocenters. The highest BCUT2D eigenvalue weighted by molar-refractivity contribution is 7.89. The van der Waals surface area contributed by atoms with Crippen LogP contribution in [-0.4, -0.2) is 15.0 Å². The summed E-state index contributed by atoms with van der Waals surface area (Å²) in [6.45, 7) is 2.11. The van der Waals surface area contributed by atoms with Gasteiger partial charge in [-0.3, -0.25) is 0 Å². The molecular formula is C21H21ClN2O2S. The summed E-state index contributed by atoms with van der Waals surface area (Å²) in [6, 6.07) is 23.6. The minimum atomic E-state index is -3.61. The van der Waals surface area contributed by atoms with E-state index in [4.69, 9.17) is 11.6 Å². The van der Waals surface area contributed by atoms with Crippen molar-refractivity contribution >= 4 is 27.3 Å². The molecule has 0 heterocycles. The van der Waals surface area contributed by atoms with Gasteiger partial charge in [0.25, 0.3) is 0 Å². The molecule has 27 heavy (non-hydrogen) atoms. The number of benzene rings is 3. The van der Waals surface area contributed by atoms with Crippen LogP contribution in [0, 0.1) is 6.92 Å². The lowest BCUT2D eigenvalue weighted by Crippen LogP contribution is -2.31. The highest BCUT2D eigenvalue weighted by atomic mass is 35.5. The number of halogens is 1. The minimum Gasteiger partial charge on any atom is -0.376 e. The Morgan fingerprint density at radius 1 is 0.889 bits per heavy atom. The van der Waals surface area contributed by atoms with Gasteiger partial charge in [0.15, 0.2) is 0 Å². The number of rotatable bonds is 7. The first-order chi connectivity index (χ1) is 13.0. The van der Waals surface area contributed by atoms with Gasteiger partial charge < -0.3 is 5.32 Å². The van der Waals surface area contributed by atoms with E-state index in [1.165, 1.54) is 0 Å². The maximum Gasteiger partial charge on any atom is 0.240 e. The molecule has 3 aromatic carbocycles. The molecule has 0 aromatic heterocycles. The Labute approximate surface area is 165 Å². The number of hydrogen-bond acceptors (Lipinski definition) is 3. The lowest BCUT2D eigenvalue weighted by molar-refractivity contribution is 0.576. The second kappa shape index (κ2) is 8.57. The molecule has 2 N–H and O–H groups in total. The zero-order valence-electron chi connectivity index (χ0n) is 14.9. The Morgan fingerprint density at radius 2 is 1.52 bits per heavy atom. The number of anilines is 1. The van der Waals surface area contributed by atoms with Crippen LogP contribution in [0.1, 0.15) is 17.2 Å². The Balaban J connectivity index is 1.81. The van der Waals surface area contributed by atoms with Crippen molar-refractivity contribution in [1.29, 1.82) is 0 Å². The first-order valence-electron chi connectivity index (χ1n) is 8.58. The third-order valence-corrected chi connectivity index (χ3v) is 5.98. The van der Waals surface area contributed by atoms with Crippen molar-refractivity contribution in [2.45, 2.75) is 17.9 Å². The van der Waals surface area contributed by atoms with Gasteiger partial charge in [0.1, 0.15) is 0 Å². The molecule has 6 heteroatoms. The van der Waals surface area contributed by atoms with E-state index < -0.39 is 10.0 Å². The van der Waals surface area contributed by atoms with E-state index in [9.17, 15) is 8.42 Å². The van der Waals surface area contributed by atoms with Gasteiger partial charge in [0.2, 0.25) is 10.0 Å². The van der Waals surface area contributed by atoms with Crippen LogP contribution in [-0.2, 0) is 10.0 Å². The summed E-state index contributed by atoms with van der Waals surface area (Å²) in [6.07, 6.45) is 0. The van der Waals surface area contributed by atoms with Gasteiger partial charge in [-0.05, 0) is 36.8 Å². The van der Waals surface area contributed by atoms with Crippen molar-refractivity contribution < 1.29 is 8.42 Å². The van der Waals surface area contributed by atoms with Crippen LogP contribution in [0.2, 0.25) is 5.02 Å². The predicted octanol–water partition coefficient (Wildman–Crippen LogP) is 4.78. The van der Waals surface area contributed by atoms with E-state index in [-0.39, 0.29) is 17.5 Å². The molecular weight excluding hydrogens is 380 g/mol. The van der Waals surface area contributed by atoms with Gasteiger partial charge in [0.05, 0.1) is 21.6 Å². The molecule has 0 bridgehead atoms. The van der Waals surface area contributed by atoms with Crippen molar-refractivity contribution in [3.05, 3.63) is 95.0 Å². The SMILES string of the molecule is Cc1ccc(S(=O)(=O)NCC(Nc2ccccc2Cl)c2ccccc2)cc1. The van der Waals surface area contributed by atoms with Crippen molar-refractivity contribution in [2.75, 3.05) is 11.9 Å². The van der Waals surface area contributed by atoms with Crippen LogP contribution < -0.4 is 10.0 Å². The molecule has 3 aromatic rings. The van der Waals surface area contributed by atoms with E-state index >= 15 is 0 Å². The number of hydrogen-bond donors (Lipinski definition) is 2. The third kappa shape index (κ3) is 5.10. The standard InChI is InChI=1S/C21H21ClN2O2S/c1-16-11-13-18(14-12-16)27(25,26)23-15-21(17-7-3-2-4-8-17)24-20-10-6-5-9-19(20)22/h2-14,21,23-24H,15H2,1H3. The average Bonchev–Trinajstić information content (AvgIpc) is 2.67. The quantitative estimate of drug-likeness (QED) is 0.600. The monoisotopic (exact) mass is 400 g/mol. The lowest BCUT2D eigenvalue weighted by Gasteiger charge is -2.22. The molecule has 0 aliphatic carbocycles. The van der Waals surface area contributed by atoms with Gasteiger partial charge in [-0.2, -0.15) is 0 Å². The van der Waals surface area contributed by atoms with Gasteiger partial charge in [0, 0.05) is 6.54 Å². The smallest absolute Gasteiger partial charge is 0.240 e. The first-order valence-corrected chi connectivity index (χ1v) is 10.4. The highest BCUT2D eigenvalue weighted by Crippen LogP contribution is 2.26. The van der Waals surface area contributed by atoms with Crippen molar-refractivity contribution in [3.63, 3.8) is 0 Å². The Bertz CT molecular complexity index is 990. The normalized spacial score (nSPS) is 12.5. The summed E-state index contributed by atoms with van der Waals surface area (Å²) < 4.78 is 28.0. The molecule has 0 aliphatic heterocycles. The van der Waals surface area contributed by atoms with Crippen molar-refractivity contribution in [3.8, 4) is 0 Å². The number of para-hydroxylation sites is 1. The molecule has 1 atom stereocenters. The number of sulfonamides is 1. The second-order valence-corrected chi connectivity index (χ2v) is 8.43. The van der Waals surface area contributed by atoms with E-state index in [0.717, 1.165) is 16.8 Å². The summed E-state index contributed by atoms with van der Waals surface area (Å²) in [4.78, 5) is 0.248. The molecule has 0 fully saturated rings. The lowest BCUT2D eigenvalue weighted by atomic mass is 10.1. The summed E-state index contributed by atoms with van der Waals surface area (Å²) >= 11 is 6.26. The predicted molar refractivity (Wildman–Crippen MR) is 111 cm³/mol. The maximum absolute atomic E-state index is 12.6. The average molecular weight is 401 g/mol. The molecule has 4 nitrogen and oxygen atoms in total. The summed E-state index contributed by atoms with van der Waals surface area (Å²) in [5.74, 6) is 0. The van der Waals surface area contributed by atoms with E-state index in [1.54, 1.807) is 30.3 Å². The van der Waals surface area contributed by atoms with E-state index in [0.29, 0.717) is 5.02 Å². The van der Waals surface area contributed by atoms with Gasteiger partial charge in [-0.15, -0.1) is 0 Å². The fourth-order valence-corrected chi connectivity index (χ4v) is 3.93. The van der Waals surface area contributed by atoms with Gasteiger partial charge in [-0.25, -0.2) is 13.1 Å². The first kappa shape index (κ1) is 19.4. The zero-order valence-corrected chi connectivity index (χ0v) is 16.5. The molecule has 3 rings (SSSR count). The summed E-state index contributed by atoms with van der Waals surface area (Å²) in [7, 11) is -3.61. The number of nitrogens with one attached hydrogen (secondary N) is 2. The second-order valence-electron chi connectivity index (χ2n) is 6.25. The Hall–Kier alpha value is -2.34. The fourth-order valence-electron chi connectivity index (χ4n) is 2.70. The molecule has 0 spiro atoms. The number of aryl methyl sites for hydroxylation is 1. The maximum atomic E-state index is 12.6. The largest absolute Gasteiger partial charge is 0.376 e. The highest BCUT2D eigenvalue weighted by Gasteiger charge is 2.18. The topological polar surface area (TPSA) is 58.2 Å². The molecule has 0 saturated heterocycles. The van der Waals surface area contributed by atoms with Crippen molar-refractivity contribution in [1.82, 2.24) is 4.72 Å². The summed E-state index contributed by atoms with van der Waals surface area (Å²) in [5.41, 5.74) is 2.73. The van der Waals surface area contributed by atoms with Crippen LogP contribution >= 0.6 is 11.6 Å². The zero-order chi connectivity index (χ0) is 19.3. The molecule has 0 amide bonds. The van der Waals surface area contributed by atoms with Gasteiger partial charge in [-0.1, -0.05) is 71.8 Å². The van der Waals surface area contributed by atoms with Crippen LogP contribution in [0.3, 0.4) is 0 Å². The molecule has 0 aliphatic rings. The third-order valence-electron chi connectivity index (χ3n) is 4.21. The molecule has 0 radical (unpaired) electrons. The Kier molecular flexibility index (Phi) is 6.16. The molecule has 140 valence electrons.